The van der Waals surface area contributed by atoms with Gasteiger partial charge in [0.15, 0.2) is 0 Å². The summed E-state index contributed by atoms with van der Waals surface area (Å²) >= 11 is 0. The van der Waals surface area contributed by atoms with Crippen molar-refractivity contribution in [2.45, 2.75) is 27.3 Å². The normalized spacial score (nSPS) is 11.2. The van der Waals surface area contributed by atoms with Gasteiger partial charge in [0.2, 0.25) is 0 Å². The first kappa shape index (κ1) is 18.6. The lowest BCUT2D eigenvalue weighted by molar-refractivity contribution is 0.215. The molecule has 1 N–H and O–H groups in total. The SMILES string of the molecule is C/C=C/COc1cc(C)c(NCc2ccc(/C=N/OC)cc2)c(C)c1. The third kappa shape index (κ3) is 5.68. The molecule has 0 atom stereocenters. The van der Waals surface area contributed by atoms with Crippen LogP contribution < -0.4 is 10.1 Å². The molecule has 2 rings (SSSR count). The molecule has 0 saturated heterocycles. The minimum Gasteiger partial charge on any atom is -0.490 e. The average molecular weight is 338 g/mol. The summed E-state index contributed by atoms with van der Waals surface area (Å²) in [6.07, 6.45) is 5.68. The number of benzene rings is 2. The van der Waals surface area contributed by atoms with Gasteiger partial charge in [0.25, 0.3) is 0 Å². The second-order valence-electron chi connectivity index (χ2n) is 5.82. The highest BCUT2D eigenvalue weighted by Gasteiger charge is 2.06. The zero-order valence-corrected chi connectivity index (χ0v) is 15.4. The molecule has 0 heterocycles. The van der Waals surface area contributed by atoms with Crippen LogP contribution in [0.1, 0.15) is 29.2 Å². The van der Waals surface area contributed by atoms with Crippen LogP contribution in [-0.4, -0.2) is 19.9 Å². The molecule has 0 saturated carbocycles. The van der Waals surface area contributed by atoms with Gasteiger partial charge in [-0.1, -0.05) is 41.6 Å². The smallest absolute Gasteiger partial charge is 0.120 e. The second-order valence-corrected chi connectivity index (χ2v) is 5.82. The first-order valence-electron chi connectivity index (χ1n) is 8.38. The molecule has 2 aromatic rings. The Hall–Kier alpha value is -2.75. The summed E-state index contributed by atoms with van der Waals surface area (Å²) in [5.41, 5.74) is 5.74. The summed E-state index contributed by atoms with van der Waals surface area (Å²) in [4.78, 5) is 4.69. The summed E-state index contributed by atoms with van der Waals surface area (Å²) < 4.78 is 5.73. The highest BCUT2D eigenvalue weighted by Crippen LogP contribution is 2.27. The molecule has 0 aliphatic carbocycles. The predicted octanol–water partition coefficient (Wildman–Crippen LogP) is 4.85. The van der Waals surface area contributed by atoms with Crippen LogP contribution in [-0.2, 0) is 11.4 Å². The summed E-state index contributed by atoms with van der Waals surface area (Å²) in [7, 11) is 1.54. The van der Waals surface area contributed by atoms with E-state index >= 15 is 0 Å². The molecule has 0 unspecified atom stereocenters. The van der Waals surface area contributed by atoms with Crippen LogP contribution in [0.2, 0.25) is 0 Å². The monoisotopic (exact) mass is 338 g/mol. The summed E-state index contributed by atoms with van der Waals surface area (Å²) in [6.45, 7) is 7.55. The average Bonchev–Trinajstić information content (AvgIpc) is 2.60. The lowest BCUT2D eigenvalue weighted by atomic mass is 10.1. The van der Waals surface area contributed by atoms with Crippen molar-refractivity contribution in [2.24, 2.45) is 5.16 Å². The first-order chi connectivity index (χ1) is 12.1. The van der Waals surface area contributed by atoms with Crippen molar-refractivity contribution in [2.75, 3.05) is 19.0 Å². The fourth-order valence-electron chi connectivity index (χ4n) is 2.55. The number of aryl methyl sites for hydroxylation is 2. The Bertz CT molecular complexity index is 711. The number of rotatable bonds is 8. The molecule has 25 heavy (non-hydrogen) atoms. The lowest BCUT2D eigenvalue weighted by Gasteiger charge is -2.15. The fraction of sp³-hybridized carbons (Fsp3) is 0.286. The molecule has 0 aromatic heterocycles. The molecule has 4 heteroatoms. The van der Waals surface area contributed by atoms with E-state index in [0.29, 0.717) is 6.61 Å². The molecule has 2 aromatic carbocycles. The summed E-state index contributed by atoms with van der Waals surface area (Å²) in [6, 6.07) is 12.4. The highest BCUT2D eigenvalue weighted by molar-refractivity contribution is 5.79. The van der Waals surface area contributed by atoms with Crippen molar-refractivity contribution in [1.82, 2.24) is 0 Å². The van der Waals surface area contributed by atoms with Gasteiger partial charge in [-0.05, 0) is 55.2 Å². The van der Waals surface area contributed by atoms with Crippen LogP contribution in [0, 0.1) is 13.8 Å². The molecule has 132 valence electrons. The number of nitrogens with one attached hydrogen (secondary N) is 1. The van der Waals surface area contributed by atoms with Crippen molar-refractivity contribution in [3.8, 4) is 5.75 Å². The van der Waals surface area contributed by atoms with Gasteiger partial charge >= 0.3 is 0 Å². The van der Waals surface area contributed by atoms with Gasteiger partial charge in [-0.15, -0.1) is 0 Å². The molecule has 0 radical (unpaired) electrons. The quantitative estimate of drug-likeness (QED) is 0.425. The minimum atomic E-state index is 0.598. The Morgan fingerprint density at radius 1 is 1.08 bits per heavy atom. The third-order valence-electron chi connectivity index (χ3n) is 3.84. The first-order valence-corrected chi connectivity index (χ1v) is 8.38. The maximum Gasteiger partial charge on any atom is 0.120 e. The van der Waals surface area contributed by atoms with Crippen molar-refractivity contribution in [1.29, 1.82) is 0 Å². The van der Waals surface area contributed by atoms with Gasteiger partial charge in [0, 0.05) is 12.2 Å². The van der Waals surface area contributed by atoms with Gasteiger partial charge in [-0.25, -0.2) is 0 Å². The second kappa shape index (κ2) is 9.52. The Labute approximate surface area is 150 Å². The van der Waals surface area contributed by atoms with Gasteiger partial charge in [-0.2, -0.15) is 0 Å². The van der Waals surface area contributed by atoms with E-state index in [0.717, 1.165) is 23.5 Å². The van der Waals surface area contributed by atoms with E-state index in [1.165, 1.54) is 23.8 Å². The van der Waals surface area contributed by atoms with E-state index in [1.807, 2.05) is 31.2 Å². The molecular weight excluding hydrogens is 312 g/mol. The van der Waals surface area contributed by atoms with Gasteiger partial charge < -0.3 is 14.9 Å². The molecular formula is C21H26N2O2. The van der Waals surface area contributed by atoms with Crippen molar-refractivity contribution >= 4 is 11.9 Å². The predicted molar refractivity (Wildman–Crippen MR) is 105 cm³/mol. The number of nitrogens with zero attached hydrogens (tertiary/aromatic N) is 1. The lowest BCUT2D eigenvalue weighted by Crippen LogP contribution is -2.04. The van der Waals surface area contributed by atoms with Crippen molar-refractivity contribution < 1.29 is 9.57 Å². The Kier molecular flexibility index (Phi) is 7.08. The fourth-order valence-corrected chi connectivity index (χ4v) is 2.55. The van der Waals surface area contributed by atoms with Crippen LogP contribution >= 0.6 is 0 Å². The molecule has 0 spiro atoms. The maximum absolute atomic E-state index is 5.73. The van der Waals surface area contributed by atoms with Gasteiger partial charge in [0.1, 0.15) is 19.5 Å². The highest BCUT2D eigenvalue weighted by atomic mass is 16.6. The van der Waals surface area contributed by atoms with Crippen LogP contribution in [0.25, 0.3) is 0 Å². The van der Waals surface area contributed by atoms with E-state index in [2.05, 4.69) is 48.6 Å². The number of hydrogen-bond donors (Lipinski definition) is 1. The van der Waals surface area contributed by atoms with E-state index in [9.17, 15) is 0 Å². The van der Waals surface area contributed by atoms with Gasteiger partial charge in [-0.3, -0.25) is 0 Å². The topological polar surface area (TPSA) is 42.8 Å². The molecule has 0 fully saturated rings. The standard InChI is InChI=1S/C21H26N2O2/c1-5-6-11-25-20-12-16(2)21(17(3)13-20)22-14-18-7-9-19(10-8-18)15-23-24-4/h5-10,12-13,15,22H,11,14H2,1-4H3/b6-5+,23-15+. The third-order valence-corrected chi connectivity index (χ3v) is 3.84. The van der Waals surface area contributed by atoms with Crippen molar-refractivity contribution in [3.05, 3.63) is 70.8 Å². The Morgan fingerprint density at radius 3 is 2.36 bits per heavy atom. The molecule has 0 bridgehead atoms. The Balaban J connectivity index is 2.01. The van der Waals surface area contributed by atoms with E-state index in [4.69, 9.17) is 9.57 Å². The largest absolute Gasteiger partial charge is 0.490 e. The summed E-state index contributed by atoms with van der Waals surface area (Å²) in [5, 5.41) is 7.29. The van der Waals surface area contributed by atoms with Crippen LogP contribution in [0.15, 0.2) is 53.7 Å². The summed E-state index contributed by atoms with van der Waals surface area (Å²) in [5.74, 6) is 0.903. The Morgan fingerprint density at radius 2 is 1.76 bits per heavy atom. The van der Waals surface area contributed by atoms with E-state index < -0.39 is 0 Å². The van der Waals surface area contributed by atoms with Gasteiger partial charge in [0.05, 0.1) is 6.21 Å². The van der Waals surface area contributed by atoms with E-state index in [-0.39, 0.29) is 0 Å². The van der Waals surface area contributed by atoms with Crippen LogP contribution in [0.4, 0.5) is 5.69 Å². The minimum absolute atomic E-state index is 0.598. The van der Waals surface area contributed by atoms with Crippen molar-refractivity contribution in [3.63, 3.8) is 0 Å². The zero-order valence-electron chi connectivity index (χ0n) is 15.4. The zero-order chi connectivity index (χ0) is 18.1. The number of ether oxygens (including phenoxy) is 1. The molecule has 0 aliphatic rings. The van der Waals surface area contributed by atoms with Crippen LogP contribution in [0.5, 0.6) is 5.75 Å². The maximum atomic E-state index is 5.73. The number of anilines is 1. The number of allylic oxidation sites excluding steroid dienone is 1. The number of hydrogen-bond acceptors (Lipinski definition) is 4. The van der Waals surface area contributed by atoms with Crippen LogP contribution in [0.3, 0.4) is 0 Å². The number of oxime groups is 1. The molecule has 4 nitrogen and oxygen atoms in total. The molecule has 0 aliphatic heterocycles. The molecule has 0 amide bonds. The van der Waals surface area contributed by atoms with E-state index in [1.54, 1.807) is 6.21 Å².